The quantitative estimate of drug-likeness (QED) is 0.282. The molecule has 0 radical (unpaired) electrons. The van der Waals surface area contributed by atoms with Gasteiger partial charge in [-0.3, -0.25) is 4.68 Å². The minimum absolute atomic E-state index is 0.286. The second-order valence-corrected chi connectivity index (χ2v) is 11.5. The van der Waals surface area contributed by atoms with Crippen LogP contribution < -0.4 is 4.74 Å². The average Bonchev–Trinajstić information content (AvgIpc) is 3.48. The first kappa shape index (κ1) is 27.8. The van der Waals surface area contributed by atoms with Crippen molar-refractivity contribution in [2.45, 2.75) is 79.1 Å². The lowest BCUT2D eigenvalue weighted by Gasteiger charge is -2.29. The van der Waals surface area contributed by atoms with Crippen molar-refractivity contribution in [2.24, 2.45) is 7.05 Å². The molecule has 8 nitrogen and oxygen atoms in total. The second-order valence-electron chi connectivity index (χ2n) is 11.5. The molecule has 40 heavy (non-hydrogen) atoms. The van der Waals surface area contributed by atoms with Gasteiger partial charge in [-0.05, 0) is 77.1 Å². The van der Waals surface area contributed by atoms with E-state index in [2.05, 4.69) is 12.0 Å². The SMILES string of the molecule is CCCn1cc(-c2cc3c(-c4cc(F)c5c(c4C)CCCO5)c(C(OC(C)(C)C)C(=O)O)c(C)nc3n2C)cn1. The number of halogens is 1. The van der Waals surface area contributed by atoms with Crippen LogP contribution in [0.25, 0.3) is 33.4 Å². The highest BCUT2D eigenvalue weighted by molar-refractivity contribution is 6.01. The van der Waals surface area contributed by atoms with Gasteiger partial charge in [-0.1, -0.05) is 6.92 Å². The molecule has 1 N–H and O–H groups in total. The van der Waals surface area contributed by atoms with Crippen molar-refractivity contribution in [3.05, 3.63) is 52.7 Å². The highest BCUT2D eigenvalue weighted by Crippen LogP contribution is 2.45. The molecule has 0 saturated carbocycles. The number of carboxylic acid groups (broad SMARTS) is 1. The van der Waals surface area contributed by atoms with Gasteiger partial charge >= 0.3 is 5.97 Å². The summed E-state index contributed by atoms with van der Waals surface area (Å²) >= 11 is 0. The number of hydrogen-bond donors (Lipinski definition) is 1. The van der Waals surface area contributed by atoms with E-state index in [4.69, 9.17) is 14.5 Å². The molecule has 0 aliphatic carbocycles. The molecule has 0 fully saturated rings. The Morgan fingerprint density at radius 3 is 2.70 bits per heavy atom. The fourth-order valence-electron chi connectivity index (χ4n) is 5.70. The van der Waals surface area contributed by atoms with E-state index < -0.39 is 23.5 Å². The standard InChI is InChI=1S/C31H37FN4O4/c1-8-11-36-16-19(15-33-36)24-14-22-26(21-13-23(32)27-20(17(21)2)10-9-12-39-27)25(18(3)34-29(22)35(24)7)28(30(37)38)40-31(4,5)6/h13-16,28H,8-12H2,1-7H3,(H,37,38). The Morgan fingerprint density at radius 1 is 1.27 bits per heavy atom. The lowest BCUT2D eigenvalue weighted by atomic mass is 9.86. The van der Waals surface area contributed by atoms with Crippen molar-refractivity contribution < 1.29 is 23.8 Å². The first-order chi connectivity index (χ1) is 18.9. The number of aryl methyl sites for hydroxylation is 3. The molecule has 212 valence electrons. The zero-order valence-electron chi connectivity index (χ0n) is 24.3. The summed E-state index contributed by atoms with van der Waals surface area (Å²) in [5.74, 6) is -1.30. The van der Waals surface area contributed by atoms with Crippen LogP contribution in [0.3, 0.4) is 0 Å². The Labute approximate surface area is 233 Å². The van der Waals surface area contributed by atoms with Crippen LogP contribution in [0, 0.1) is 19.7 Å². The van der Waals surface area contributed by atoms with Gasteiger partial charge in [-0.25, -0.2) is 14.2 Å². The Hall–Kier alpha value is -3.72. The molecular formula is C31H37FN4O4. The first-order valence-electron chi connectivity index (χ1n) is 13.8. The first-order valence-corrected chi connectivity index (χ1v) is 13.8. The number of benzene rings is 1. The topological polar surface area (TPSA) is 91.4 Å². The molecule has 5 rings (SSSR count). The van der Waals surface area contributed by atoms with E-state index in [1.165, 1.54) is 6.07 Å². The smallest absolute Gasteiger partial charge is 0.337 e. The number of fused-ring (bicyclic) bond motifs is 2. The van der Waals surface area contributed by atoms with Gasteiger partial charge in [0.15, 0.2) is 17.7 Å². The largest absolute Gasteiger partial charge is 0.490 e. The molecule has 4 heterocycles. The van der Waals surface area contributed by atoms with Gasteiger partial charge in [-0.15, -0.1) is 0 Å². The van der Waals surface area contributed by atoms with Crippen LogP contribution in [0.1, 0.15) is 69.0 Å². The summed E-state index contributed by atoms with van der Waals surface area (Å²) in [4.78, 5) is 17.6. The zero-order valence-corrected chi connectivity index (χ0v) is 24.3. The number of aromatic nitrogens is 4. The van der Waals surface area contributed by atoms with Crippen molar-refractivity contribution in [1.29, 1.82) is 0 Å². The van der Waals surface area contributed by atoms with E-state index in [9.17, 15) is 9.90 Å². The summed E-state index contributed by atoms with van der Waals surface area (Å²) in [6, 6.07) is 3.47. The molecule has 1 aliphatic rings. The third kappa shape index (κ3) is 4.87. The number of aliphatic carboxylic acids is 1. The molecule has 0 spiro atoms. The maximum atomic E-state index is 15.6. The van der Waals surface area contributed by atoms with Crippen molar-refractivity contribution in [2.75, 3.05) is 6.61 Å². The number of nitrogens with zero attached hydrogens (tertiary/aromatic N) is 4. The van der Waals surface area contributed by atoms with E-state index in [0.29, 0.717) is 41.1 Å². The summed E-state index contributed by atoms with van der Waals surface area (Å²) in [7, 11) is 1.93. The predicted octanol–water partition coefficient (Wildman–Crippen LogP) is 6.54. The third-order valence-corrected chi connectivity index (χ3v) is 7.45. The molecule has 0 amide bonds. The molecule has 0 saturated heterocycles. The van der Waals surface area contributed by atoms with Gasteiger partial charge in [0, 0.05) is 53.1 Å². The summed E-state index contributed by atoms with van der Waals surface area (Å²) in [6.45, 7) is 12.6. The van der Waals surface area contributed by atoms with Crippen LogP contribution in [-0.2, 0) is 29.5 Å². The number of ether oxygens (including phenoxy) is 2. The minimum atomic E-state index is -1.31. The van der Waals surface area contributed by atoms with Gasteiger partial charge < -0.3 is 19.1 Å². The lowest BCUT2D eigenvalue weighted by molar-refractivity contribution is -0.160. The Kier molecular flexibility index (Phi) is 7.20. The van der Waals surface area contributed by atoms with Crippen molar-refractivity contribution in [3.8, 4) is 28.1 Å². The van der Waals surface area contributed by atoms with Gasteiger partial charge in [0.05, 0.1) is 24.1 Å². The van der Waals surface area contributed by atoms with E-state index >= 15 is 4.39 Å². The number of pyridine rings is 1. The van der Waals surface area contributed by atoms with Crippen LogP contribution in [0.5, 0.6) is 5.75 Å². The fraction of sp³-hybridized carbons (Fsp3) is 0.452. The van der Waals surface area contributed by atoms with Crippen LogP contribution in [0.2, 0.25) is 0 Å². The molecule has 1 atom stereocenters. The van der Waals surface area contributed by atoms with Crippen molar-refractivity contribution >= 4 is 17.0 Å². The van der Waals surface area contributed by atoms with Gasteiger partial charge in [0.1, 0.15) is 5.65 Å². The number of hydrogen-bond acceptors (Lipinski definition) is 5. The summed E-state index contributed by atoms with van der Waals surface area (Å²) in [6.07, 6.45) is 4.94. The Balaban J connectivity index is 1.87. The van der Waals surface area contributed by atoms with E-state index in [1.807, 2.05) is 62.5 Å². The highest BCUT2D eigenvalue weighted by atomic mass is 19.1. The van der Waals surface area contributed by atoms with E-state index in [0.717, 1.165) is 47.2 Å². The predicted molar refractivity (Wildman–Crippen MR) is 152 cm³/mol. The zero-order chi connectivity index (χ0) is 28.9. The maximum absolute atomic E-state index is 15.6. The monoisotopic (exact) mass is 548 g/mol. The van der Waals surface area contributed by atoms with Crippen molar-refractivity contribution in [1.82, 2.24) is 19.3 Å². The van der Waals surface area contributed by atoms with Crippen molar-refractivity contribution in [3.63, 3.8) is 0 Å². The average molecular weight is 549 g/mol. The Morgan fingerprint density at radius 2 is 2.02 bits per heavy atom. The van der Waals surface area contributed by atoms with Crippen LogP contribution in [0.15, 0.2) is 24.5 Å². The van der Waals surface area contributed by atoms with E-state index in [1.54, 1.807) is 6.92 Å². The number of carbonyl (C=O) groups is 1. The maximum Gasteiger partial charge on any atom is 0.337 e. The lowest BCUT2D eigenvalue weighted by Crippen LogP contribution is -2.28. The minimum Gasteiger partial charge on any atom is -0.490 e. The van der Waals surface area contributed by atoms with Gasteiger partial charge in [0.25, 0.3) is 0 Å². The third-order valence-electron chi connectivity index (χ3n) is 7.45. The molecule has 9 heteroatoms. The summed E-state index contributed by atoms with van der Waals surface area (Å²) in [5, 5.41) is 15.6. The van der Waals surface area contributed by atoms with Gasteiger partial charge in [-0.2, -0.15) is 5.10 Å². The van der Waals surface area contributed by atoms with Gasteiger partial charge in [0.2, 0.25) is 0 Å². The normalized spacial score (nSPS) is 14.3. The second kappa shape index (κ2) is 10.4. The number of carboxylic acids is 1. The molecule has 1 aromatic carbocycles. The fourth-order valence-corrected chi connectivity index (χ4v) is 5.70. The van der Waals surface area contributed by atoms with Crippen LogP contribution in [-0.4, -0.2) is 42.6 Å². The molecule has 1 aliphatic heterocycles. The summed E-state index contributed by atoms with van der Waals surface area (Å²) in [5.41, 5.74) is 5.58. The van der Waals surface area contributed by atoms with Crippen LogP contribution in [0.4, 0.5) is 4.39 Å². The number of rotatable bonds is 7. The summed E-state index contributed by atoms with van der Waals surface area (Å²) < 4.78 is 31.3. The molecular weight excluding hydrogens is 511 g/mol. The highest BCUT2D eigenvalue weighted by Gasteiger charge is 2.34. The molecule has 1 unspecified atom stereocenters. The van der Waals surface area contributed by atoms with E-state index in [-0.39, 0.29) is 5.75 Å². The van der Waals surface area contributed by atoms with Crippen LogP contribution >= 0.6 is 0 Å². The molecule has 4 aromatic rings. The molecule has 3 aromatic heterocycles. The Bertz CT molecular complexity index is 1610. The molecule has 0 bridgehead atoms.